The highest BCUT2D eigenvalue weighted by molar-refractivity contribution is 7.89. The average molecular weight is 491 g/mol. The molecule has 13 heteroatoms. The van der Waals surface area contributed by atoms with Gasteiger partial charge in [-0.15, -0.1) is 0 Å². The number of carboxylic acids is 1. The van der Waals surface area contributed by atoms with E-state index in [1.165, 1.54) is 5.56 Å². The second kappa shape index (κ2) is 10.2. The first kappa shape index (κ1) is 25.1. The molecule has 0 aliphatic carbocycles. The Labute approximate surface area is 189 Å². The molecule has 0 amide bonds. The molecule has 3 atom stereocenters. The topological polar surface area (TPSA) is 114 Å². The number of rotatable bonds is 6. The number of carbonyl (C=O) groups is 1. The fourth-order valence-corrected chi connectivity index (χ4v) is 5.05. The molecule has 2 aliphatic rings. The number of fused-ring (bicyclic) bond motifs is 1. The molecule has 0 bridgehead atoms. The minimum atomic E-state index is -5.08. The third-order valence-corrected chi connectivity index (χ3v) is 6.95. The lowest BCUT2D eigenvalue weighted by atomic mass is 9.93. The minimum Gasteiger partial charge on any atom is -0.475 e. The lowest BCUT2D eigenvalue weighted by Crippen LogP contribution is -2.34. The Morgan fingerprint density at radius 3 is 2.52 bits per heavy atom. The van der Waals surface area contributed by atoms with Crippen molar-refractivity contribution in [3.05, 3.63) is 48.3 Å². The van der Waals surface area contributed by atoms with E-state index in [0.29, 0.717) is 24.0 Å². The number of hydrogen-bond donors (Lipinski definition) is 2. The predicted octanol–water partition coefficient (Wildman–Crippen LogP) is 1.48. The fourth-order valence-electron chi connectivity index (χ4n) is 3.93. The van der Waals surface area contributed by atoms with Gasteiger partial charge in [-0.05, 0) is 12.1 Å². The van der Waals surface area contributed by atoms with Gasteiger partial charge in [-0.3, -0.25) is 9.58 Å². The number of carboxylic acid groups (broad SMARTS) is 1. The van der Waals surface area contributed by atoms with Gasteiger partial charge in [0.25, 0.3) is 0 Å². The molecule has 9 nitrogen and oxygen atoms in total. The molecule has 2 aliphatic heterocycles. The number of halogens is 3. The maximum atomic E-state index is 12.4. The van der Waals surface area contributed by atoms with E-state index in [4.69, 9.17) is 14.6 Å². The van der Waals surface area contributed by atoms with E-state index in [-0.39, 0.29) is 12.0 Å². The Balaban J connectivity index is 0.000000383. The summed E-state index contributed by atoms with van der Waals surface area (Å²) in [5.74, 6) is -2.19. The standard InChI is InChI=1S/C18H24N4O3S.C2HF3O2/c1-21-9-14(7-19-21)10-22-11-17-15(13-25-18(17)12-22)8-20-26(23,24)16-5-3-2-4-6-16;3-2(4,5)1(6)7/h2-7,9,15,17-18,20H,8,10-13H2,1H3;(H,6,7)/t15-,17-,18-;/m1./s1. The molecular weight excluding hydrogens is 465 g/mol. The van der Waals surface area contributed by atoms with E-state index in [2.05, 4.69) is 14.7 Å². The zero-order valence-corrected chi connectivity index (χ0v) is 18.6. The van der Waals surface area contributed by atoms with Crippen molar-refractivity contribution in [3.63, 3.8) is 0 Å². The van der Waals surface area contributed by atoms with Gasteiger partial charge in [0.1, 0.15) is 0 Å². The molecule has 0 radical (unpaired) electrons. The summed E-state index contributed by atoms with van der Waals surface area (Å²) in [5.41, 5.74) is 1.19. The van der Waals surface area contributed by atoms with Gasteiger partial charge in [0.05, 0.1) is 23.8 Å². The van der Waals surface area contributed by atoms with E-state index in [1.54, 1.807) is 24.3 Å². The van der Waals surface area contributed by atoms with Gasteiger partial charge >= 0.3 is 12.1 Å². The van der Waals surface area contributed by atoms with E-state index in [9.17, 15) is 21.6 Å². The average Bonchev–Trinajstić information content (AvgIpc) is 3.43. The van der Waals surface area contributed by atoms with Crippen molar-refractivity contribution in [1.82, 2.24) is 19.4 Å². The van der Waals surface area contributed by atoms with Crippen LogP contribution in [0.3, 0.4) is 0 Å². The maximum Gasteiger partial charge on any atom is 0.490 e. The van der Waals surface area contributed by atoms with E-state index in [1.807, 2.05) is 30.2 Å². The number of nitrogens with one attached hydrogen (secondary N) is 1. The van der Waals surface area contributed by atoms with E-state index < -0.39 is 22.2 Å². The molecule has 4 rings (SSSR count). The molecule has 3 heterocycles. The molecule has 2 saturated heterocycles. The van der Waals surface area contributed by atoms with Crippen LogP contribution in [0.2, 0.25) is 0 Å². The number of likely N-dealkylation sites (tertiary alicyclic amines) is 1. The first-order valence-electron chi connectivity index (χ1n) is 10.1. The van der Waals surface area contributed by atoms with Crippen LogP contribution >= 0.6 is 0 Å². The molecule has 2 aromatic rings. The van der Waals surface area contributed by atoms with Crippen molar-refractivity contribution < 1.29 is 36.2 Å². The summed E-state index contributed by atoms with van der Waals surface area (Å²) < 4.78 is 67.1. The molecule has 2 fully saturated rings. The smallest absolute Gasteiger partial charge is 0.475 e. The van der Waals surface area contributed by atoms with Gasteiger partial charge in [-0.25, -0.2) is 17.9 Å². The predicted molar refractivity (Wildman–Crippen MR) is 111 cm³/mol. The van der Waals surface area contributed by atoms with Crippen LogP contribution in [0.15, 0.2) is 47.6 Å². The number of aryl methyl sites for hydroxylation is 1. The maximum absolute atomic E-state index is 12.4. The van der Waals surface area contributed by atoms with Crippen molar-refractivity contribution in [2.75, 3.05) is 26.2 Å². The monoisotopic (exact) mass is 490 g/mol. The Morgan fingerprint density at radius 1 is 1.27 bits per heavy atom. The lowest BCUT2D eigenvalue weighted by molar-refractivity contribution is -0.192. The molecule has 1 aromatic heterocycles. The summed E-state index contributed by atoms with van der Waals surface area (Å²) >= 11 is 0. The molecule has 0 saturated carbocycles. The number of ether oxygens (including phenoxy) is 1. The van der Waals surface area contributed by atoms with Gasteiger partial charge in [0.15, 0.2) is 0 Å². The number of hydrogen-bond acceptors (Lipinski definition) is 6. The Bertz CT molecular complexity index is 1050. The van der Waals surface area contributed by atoms with Gasteiger partial charge in [0.2, 0.25) is 10.0 Å². The number of nitrogens with zero attached hydrogens (tertiary/aromatic N) is 3. The van der Waals surface area contributed by atoms with Crippen molar-refractivity contribution in [1.29, 1.82) is 0 Å². The van der Waals surface area contributed by atoms with Crippen LogP contribution in [0.1, 0.15) is 5.56 Å². The SMILES string of the molecule is Cn1cc(CN2C[C@@H]3[C@H](CNS(=O)(=O)c4ccccc4)CO[C@@H]3C2)cn1.O=C(O)C(F)(F)F. The number of benzene rings is 1. The molecule has 2 N–H and O–H groups in total. The molecule has 33 heavy (non-hydrogen) atoms. The van der Waals surface area contributed by atoms with Gasteiger partial charge in [-0.1, -0.05) is 18.2 Å². The summed E-state index contributed by atoms with van der Waals surface area (Å²) in [7, 11) is -1.55. The number of sulfonamides is 1. The zero-order valence-electron chi connectivity index (χ0n) is 17.8. The molecule has 182 valence electrons. The minimum absolute atomic E-state index is 0.193. The Morgan fingerprint density at radius 2 is 1.94 bits per heavy atom. The van der Waals surface area contributed by atoms with Crippen LogP contribution in [-0.4, -0.2) is 72.7 Å². The third-order valence-electron chi connectivity index (χ3n) is 5.51. The van der Waals surface area contributed by atoms with Crippen molar-refractivity contribution in [2.24, 2.45) is 18.9 Å². The first-order valence-corrected chi connectivity index (χ1v) is 11.6. The van der Waals surface area contributed by atoms with Crippen LogP contribution in [0.4, 0.5) is 13.2 Å². The van der Waals surface area contributed by atoms with Crippen LogP contribution in [0.5, 0.6) is 0 Å². The van der Waals surface area contributed by atoms with E-state index in [0.717, 1.165) is 19.6 Å². The van der Waals surface area contributed by atoms with Gasteiger partial charge in [0, 0.05) is 56.8 Å². The largest absolute Gasteiger partial charge is 0.490 e. The summed E-state index contributed by atoms with van der Waals surface area (Å²) in [6.45, 7) is 3.71. The van der Waals surface area contributed by atoms with Crippen molar-refractivity contribution in [3.8, 4) is 0 Å². The number of aromatic nitrogens is 2. The highest BCUT2D eigenvalue weighted by Crippen LogP contribution is 2.34. The first-order chi connectivity index (χ1) is 15.5. The van der Waals surface area contributed by atoms with E-state index >= 15 is 0 Å². The van der Waals surface area contributed by atoms with Crippen LogP contribution in [-0.2, 0) is 33.1 Å². The lowest BCUT2D eigenvalue weighted by Gasteiger charge is -2.19. The molecule has 0 unspecified atom stereocenters. The fraction of sp³-hybridized carbons (Fsp3) is 0.500. The Kier molecular flexibility index (Phi) is 7.77. The zero-order chi connectivity index (χ0) is 24.2. The van der Waals surface area contributed by atoms with Gasteiger partial charge in [-0.2, -0.15) is 18.3 Å². The molecule has 1 aromatic carbocycles. The van der Waals surface area contributed by atoms with Crippen LogP contribution < -0.4 is 4.72 Å². The summed E-state index contributed by atoms with van der Waals surface area (Å²) in [6.07, 6.45) is -0.973. The normalized spacial score (nSPS) is 23.1. The number of aliphatic carboxylic acids is 1. The molecule has 0 spiro atoms. The van der Waals surface area contributed by atoms with Crippen LogP contribution in [0.25, 0.3) is 0 Å². The highest BCUT2D eigenvalue weighted by atomic mass is 32.2. The van der Waals surface area contributed by atoms with Gasteiger partial charge < -0.3 is 9.84 Å². The second-order valence-electron chi connectivity index (χ2n) is 7.98. The quantitative estimate of drug-likeness (QED) is 0.631. The van der Waals surface area contributed by atoms with Crippen molar-refractivity contribution >= 4 is 16.0 Å². The molecular formula is C20H25F3N4O5S. The number of alkyl halides is 3. The Hall–Kier alpha value is -2.48. The summed E-state index contributed by atoms with van der Waals surface area (Å²) in [5, 5.41) is 11.3. The third kappa shape index (κ3) is 6.76. The highest BCUT2D eigenvalue weighted by Gasteiger charge is 2.44. The summed E-state index contributed by atoms with van der Waals surface area (Å²) in [4.78, 5) is 11.6. The van der Waals surface area contributed by atoms with Crippen LogP contribution in [0, 0.1) is 11.8 Å². The second-order valence-corrected chi connectivity index (χ2v) is 9.75. The summed E-state index contributed by atoms with van der Waals surface area (Å²) in [6, 6.07) is 8.50. The van der Waals surface area contributed by atoms with Crippen molar-refractivity contribution in [2.45, 2.75) is 23.7 Å².